The number of rotatable bonds is 3. The van der Waals surface area contributed by atoms with Gasteiger partial charge in [0.25, 0.3) is 0 Å². The fourth-order valence-corrected chi connectivity index (χ4v) is 6.38. The third-order valence-corrected chi connectivity index (χ3v) is 8.55. The van der Waals surface area contributed by atoms with Crippen molar-refractivity contribution in [3.63, 3.8) is 0 Å². The molecule has 0 nitrogen and oxygen atoms in total. The Balaban J connectivity index is 1.70. The van der Waals surface area contributed by atoms with Crippen LogP contribution in [0.1, 0.15) is 51.0 Å². The van der Waals surface area contributed by atoms with Gasteiger partial charge >= 0.3 is 0 Å². The van der Waals surface area contributed by atoms with Gasteiger partial charge in [0.2, 0.25) is 0 Å². The fraction of sp³-hybridized carbons (Fsp3) is 0.360. The molecule has 1 heteroatoms. The Hall–Kier alpha value is -1.73. The summed E-state index contributed by atoms with van der Waals surface area (Å²) in [6.45, 7) is 11.8. The summed E-state index contributed by atoms with van der Waals surface area (Å²) in [4.78, 5) is 0. The topological polar surface area (TPSA) is 0 Å². The molecule has 0 aliphatic heterocycles. The first-order valence-corrected chi connectivity index (χ1v) is 10.6. The lowest BCUT2D eigenvalue weighted by molar-refractivity contribution is 0.487. The van der Waals surface area contributed by atoms with Crippen molar-refractivity contribution in [2.45, 2.75) is 45.1 Å². The molecule has 2 aromatic carbocycles. The predicted octanol–water partition coefficient (Wildman–Crippen LogP) is 7.54. The molecule has 0 amide bonds. The van der Waals surface area contributed by atoms with Crippen LogP contribution in [0.4, 0.5) is 0 Å². The van der Waals surface area contributed by atoms with Gasteiger partial charge in [-0.2, -0.15) is 0 Å². The standard InChI is InChI=1S/C25H28S/c1-15-14-23-21(20-10-7-6-8-11-20)12-9-13-22(23)24(15)26-25-18(4)16(2)17(3)19(25)5/h6-14,16,18,24-25H,1-5H3. The minimum atomic E-state index is 0.481. The molecule has 4 rings (SSSR count). The summed E-state index contributed by atoms with van der Waals surface area (Å²) in [5.74, 6) is 1.42. The van der Waals surface area contributed by atoms with E-state index in [-0.39, 0.29) is 0 Å². The second-order valence-corrected chi connectivity index (χ2v) is 9.26. The summed E-state index contributed by atoms with van der Waals surface area (Å²) in [5.41, 5.74) is 10.3. The molecule has 2 aliphatic carbocycles. The molecule has 2 aromatic rings. The molecule has 0 heterocycles. The van der Waals surface area contributed by atoms with Crippen molar-refractivity contribution in [3.05, 3.63) is 76.4 Å². The number of allylic oxidation sites excluding steroid dienone is 1. The molecule has 26 heavy (non-hydrogen) atoms. The fourth-order valence-electron chi connectivity index (χ4n) is 4.58. The zero-order valence-electron chi connectivity index (χ0n) is 16.4. The molecule has 0 fully saturated rings. The summed E-state index contributed by atoms with van der Waals surface area (Å²) in [5, 5.41) is 1.11. The first-order valence-electron chi connectivity index (χ1n) is 9.68. The van der Waals surface area contributed by atoms with Crippen LogP contribution in [0.25, 0.3) is 17.2 Å². The molecule has 0 saturated heterocycles. The van der Waals surface area contributed by atoms with E-state index >= 15 is 0 Å². The van der Waals surface area contributed by atoms with E-state index in [2.05, 4.69) is 101 Å². The number of thioether (sulfide) groups is 1. The van der Waals surface area contributed by atoms with Crippen LogP contribution >= 0.6 is 11.8 Å². The van der Waals surface area contributed by atoms with E-state index in [0.717, 1.165) is 0 Å². The highest BCUT2D eigenvalue weighted by atomic mass is 32.2. The van der Waals surface area contributed by atoms with E-state index in [9.17, 15) is 0 Å². The monoisotopic (exact) mass is 360 g/mol. The highest BCUT2D eigenvalue weighted by Crippen LogP contribution is 2.53. The minimum absolute atomic E-state index is 0.481. The van der Waals surface area contributed by atoms with Gasteiger partial charge in [-0.05, 0) is 54.9 Å². The Morgan fingerprint density at radius 1 is 0.808 bits per heavy atom. The van der Waals surface area contributed by atoms with Crippen LogP contribution in [-0.4, -0.2) is 5.25 Å². The molecule has 0 saturated carbocycles. The van der Waals surface area contributed by atoms with E-state index in [4.69, 9.17) is 0 Å². The minimum Gasteiger partial charge on any atom is -0.141 e. The largest absolute Gasteiger partial charge is 0.141 e. The van der Waals surface area contributed by atoms with E-state index in [1.807, 2.05) is 0 Å². The van der Waals surface area contributed by atoms with Gasteiger partial charge in [-0.15, -0.1) is 11.8 Å². The lowest BCUT2D eigenvalue weighted by Crippen LogP contribution is -2.16. The Morgan fingerprint density at radius 3 is 2.19 bits per heavy atom. The molecule has 0 aromatic heterocycles. The van der Waals surface area contributed by atoms with Gasteiger partial charge in [0, 0.05) is 5.25 Å². The lowest BCUT2D eigenvalue weighted by Gasteiger charge is -2.25. The molecule has 0 spiro atoms. The number of hydrogen-bond acceptors (Lipinski definition) is 1. The zero-order chi connectivity index (χ0) is 18.4. The zero-order valence-corrected chi connectivity index (χ0v) is 17.2. The highest BCUT2D eigenvalue weighted by Gasteiger charge is 2.37. The van der Waals surface area contributed by atoms with Crippen LogP contribution in [0.2, 0.25) is 0 Å². The Bertz CT molecular complexity index is 888. The van der Waals surface area contributed by atoms with Crippen LogP contribution in [0.15, 0.2) is 65.3 Å². The summed E-state index contributed by atoms with van der Waals surface area (Å²) in [6, 6.07) is 17.6. The van der Waals surface area contributed by atoms with Crippen LogP contribution in [-0.2, 0) is 0 Å². The first kappa shape index (κ1) is 17.7. The van der Waals surface area contributed by atoms with Crippen molar-refractivity contribution in [2.75, 3.05) is 0 Å². The van der Waals surface area contributed by atoms with E-state index in [0.29, 0.717) is 22.3 Å². The molecule has 0 radical (unpaired) electrons. The van der Waals surface area contributed by atoms with Crippen LogP contribution in [0.5, 0.6) is 0 Å². The van der Waals surface area contributed by atoms with Gasteiger partial charge in [-0.3, -0.25) is 0 Å². The SMILES string of the molecule is CC1=Cc2c(-c3ccccc3)cccc2C1SC1C(C)=C(C)C(C)C1C. The van der Waals surface area contributed by atoms with Gasteiger partial charge in [0.15, 0.2) is 0 Å². The maximum absolute atomic E-state index is 2.43. The second-order valence-electron chi connectivity index (χ2n) is 8.01. The average molecular weight is 361 g/mol. The predicted molar refractivity (Wildman–Crippen MR) is 116 cm³/mol. The van der Waals surface area contributed by atoms with Gasteiger partial charge in [0.1, 0.15) is 0 Å². The van der Waals surface area contributed by atoms with Crippen molar-refractivity contribution in [2.24, 2.45) is 11.8 Å². The van der Waals surface area contributed by atoms with Gasteiger partial charge < -0.3 is 0 Å². The maximum atomic E-state index is 2.43. The van der Waals surface area contributed by atoms with Crippen LogP contribution < -0.4 is 0 Å². The second kappa shape index (κ2) is 6.78. The molecule has 134 valence electrons. The average Bonchev–Trinajstić information content (AvgIpc) is 3.07. The van der Waals surface area contributed by atoms with Crippen LogP contribution in [0, 0.1) is 11.8 Å². The van der Waals surface area contributed by atoms with Crippen molar-refractivity contribution in [1.29, 1.82) is 0 Å². The third-order valence-electron chi connectivity index (χ3n) is 6.57. The lowest BCUT2D eigenvalue weighted by atomic mass is 9.96. The van der Waals surface area contributed by atoms with Crippen molar-refractivity contribution in [3.8, 4) is 11.1 Å². The number of fused-ring (bicyclic) bond motifs is 1. The highest BCUT2D eigenvalue weighted by molar-refractivity contribution is 8.00. The normalized spacial score (nSPS) is 27.7. The molecule has 0 bridgehead atoms. The van der Waals surface area contributed by atoms with E-state index in [1.165, 1.54) is 27.8 Å². The summed E-state index contributed by atoms with van der Waals surface area (Å²) >= 11 is 2.17. The van der Waals surface area contributed by atoms with Gasteiger partial charge in [0.05, 0.1) is 5.25 Å². The smallest absolute Gasteiger partial charge is 0.0519 e. The molecule has 4 atom stereocenters. The van der Waals surface area contributed by atoms with Crippen LogP contribution in [0.3, 0.4) is 0 Å². The Morgan fingerprint density at radius 2 is 1.54 bits per heavy atom. The van der Waals surface area contributed by atoms with E-state index < -0.39 is 0 Å². The van der Waals surface area contributed by atoms with Gasteiger partial charge in [-0.25, -0.2) is 0 Å². The number of hydrogen-bond donors (Lipinski definition) is 0. The number of benzene rings is 2. The molecule has 0 N–H and O–H groups in total. The van der Waals surface area contributed by atoms with E-state index in [1.54, 1.807) is 11.1 Å². The van der Waals surface area contributed by atoms with Crippen molar-refractivity contribution >= 4 is 17.8 Å². The molecular weight excluding hydrogens is 332 g/mol. The maximum Gasteiger partial charge on any atom is 0.0519 e. The summed E-state index contributed by atoms with van der Waals surface area (Å²) in [6.07, 6.45) is 2.42. The van der Waals surface area contributed by atoms with Crippen molar-refractivity contribution < 1.29 is 0 Å². The Labute approximate surface area is 162 Å². The summed E-state index contributed by atoms with van der Waals surface area (Å²) < 4.78 is 0. The van der Waals surface area contributed by atoms with Crippen molar-refractivity contribution in [1.82, 2.24) is 0 Å². The Kier molecular flexibility index (Phi) is 4.61. The molecule has 2 aliphatic rings. The third kappa shape index (κ3) is 2.77. The molecule has 4 unspecified atom stereocenters. The summed E-state index contributed by atoms with van der Waals surface area (Å²) in [7, 11) is 0. The molecular formula is C25H28S. The first-order chi connectivity index (χ1) is 12.5. The quantitative estimate of drug-likeness (QED) is 0.510. The van der Waals surface area contributed by atoms with Gasteiger partial charge in [-0.1, -0.05) is 85.2 Å².